The Labute approximate surface area is 134 Å². The van der Waals surface area contributed by atoms with Crippen LogP contribution in [0.5, 0.6) is 5.75 Å². The van der Waals surface area contributed by atoms with Gasteiger partial charge in [-0.1, -0.05) is 29.6 Å². The van der Waals surface area contributed by atoms with E-state index in [0.29, 0.717) is 11.6 Å². The van der Waals surface area contributed by atoms with Crippen molar-refractivity contribution in [2.24, 2.45) is 5.92 Å². The van der Waals surface area contributed by atoms with Crippen LogP contribution in [0.3, 0.4) is 0 Å². The SMILES string of the molecule is COc1ccccc1C1CCC(C)CN1C(=O)c1csnn1. The molecular formula is C16H19N3O2S. The summed E-state index contributed by atoms with van der Waals surface area (Å²) in [6.45, 7) is 2.91. The summed E-state index contributed by atoms with van der Waals surface area (Å²) in [5.41, 5.74) is 1.49. The van der Waals surface area contributed by atoms with Crippen LogP contribution in [0, 0.1) is 5.92 Å². The molecule has 5 nitrogen and oxygen atoms in total. The molecular weight excluding hydrogens is 298 g/mol. The van der Waals surface area contributed by atoms with Gasteiger partial charge in [0.15, 0.2) is 5.69 Å². The number of carbonyl (C=O) groups is 1. The molecule has 2 aromatic rings. The summed E-state index contributed by atoms with van der Waals surface area (Å²) in [4.78, 5) is 14.7. The van der Waals surface area contributed by atoms with E-state index in [4.69, 9.17) is 4.74 Å². The molecule has 3 rings (SSSR count). The van der Waals surface area contributed by atoms with Crippen molar-refractivity contribution in [1.82, 2.24) is 14.5 Å². The molecule has 1 saturated heterocycles. The highest BCUT2D eigenvalue weighted by Crippen LogP contribution is 2.38. The highest BCUT2D eigenvalue weighted by Gasteiger charge is 2.33. The molecule has 2 atom stereocenters. The van der Waals surface area contributed by atoms with E-state index in [1.54, 1.807) is 12.5 Å². The molecule has 0 N–H and O–H groups in total. The average Bonchev–Trinajstić information content (AvgIpc) is 3.08. The van der Waals surface area contributed by atoms with Gasteiger partial charge in [0.2, 0.25) is 0 Å². The van der Waals surface area contributed by atoms with Crippen molar-refractivity contribution in [3.05, 3.63) is 40.9 Å². The number of benzene rings is 1. The van der Waals surface area contributed by atoms with Crippen molar-refractivity contribution in [3.63, 3.8) is 0 Å². The maximum absolute atomic E-state index is 12.8. The number of carbonyl (C=O) groups excluding carboxylic acids is 1. The number of nitrogens with zero attached hydrogens (tertiary/aromatic N) is 3. The Morgan fingerprint density at radius 2 is 2.18 bits per heavy atom. The lowest BCUT2D eigenvalue weighted by Gasteiger charge is -2.39. The molecule has 1 aromatic heterocycles. The molecule has 0 saturated carbocycles. The Balaban J connectivity index is 1.95. The summed E-state index contributed by atoms with van der Waals surface area (Å²) in [5, 5.41) is 5.64. The zero-order valence-corrected chi connectivity index (χ0v) is 13.5. The molecule has 1 fully saturated rings. The Hall–Kier alpha value is -1.95. The summed E-state index contributed by atoms with van der Waals surface area (Å²) >= 11 is 1.20. The molecule has 0 radical (unpaired) electrons. The van der Waals surface area contributed by atoms with Crippen LogP contribution in [0.2, 0.25) is 0 Å². The van der Waals surface area contributed by atoms with E-state index in [0.717, 1.165) is 30.7 Å². The summed E-state index contributed by atoms with van der Waals surface area (Å²) in [7, 11) is 1.67. The molecule has 0 spiro atoms. The van der Waals surface area contributed by atoms with E-state index in [1.807, 2.05) is 29.2 Å². The minimum absolute atomic E-state index is 0.0292. The van der Waals surface area contributed by atoms with E-state index < -0.39 is 0 Å². The second-order valence-corrected chi connectivity index (χ2v) is 6.30. The van der Waals surface area contributed by atoms with Crippen LogP contribution in [0.15, 0.2) is 29.6 Å². The summed E-state index contributed by atoms with van der Waals surface area (Å²) < 4.78 is 9.29. The van der Waals surface area contributed by atoms with Crippen molar-refractivity contribution in [3.8, 4) is 5.75 Å². The van der Waals surface area contributed by atoms with Gasteiger partial charge in [0, 0.05) is 17.5 Å². The summed E-state index contributed by atoms with van der Waals surface area (Å²) in [5.74, 6) is 1.27. The first-order valence-corrected chi connectivity index (χ1v) is 8.25. The largest absolute Gasteiger partial charge is 0.496 e. The minimum atomic E-state index is -0.0452. The first-order valence-electron chi connectivity index (χ1n) is 7.41. The summed E-state index contributed by atoms with van der Waals surface area (Å²) in [6, 6.07) is 7.95. The highest BCUT2D eigenvalue weighted by atomic mass is 32.1. The van der Waals surface area contributed by atoms with E-state index in [2.05, 4.69) is 16.5 Å². The molecule has 0 aliphatic carbocycles. The number of rotatable bonds is 3. The van der Waals surface area contributed by atoms with Crippen LogP contribution >= 0.6 is 11.5 Å². The van der Waals surface area contributed by atoms with Gasteiger partial charge in [0.25, 0.3) is 5.91 Å². The van der Waals surface area contributed by atoms with E-state index in [1.165, 1.54) is 11.5 Å². The number of para-hydroxylation sites is 1. The number of piperidine rings is 1. The Kier molecular flexibility index (Phi) is 4.38. The number of amides is 1. The second kappa shape index (κ2) is 6.44. The zero-order valence-electron chi connectivity index (χ0n) is 12.7. The predicted octanol–water partition coefficient (Wildman–Crippen LogP) is 3.16. The van der Waals surface area contributed by atoms with Crippen LogP contribution < -0.4 is 4.74 Å². The molecule has 1 aromatic carbocycles. The number of hydrogen-bond acceptors (Lipinski definition) is 5. The van der Waals surface area contributed by atoms with Crippen molar-refractivity contribution >= 4 is 17.4 Å². The lowest BCUT2D eigenvalue weighted by atomic mass is 9.89. The van der Waals surface area contributed by atoms with Crippen LogP contribution in [0.25, 0.3) is 0 Å². The first kappa shape index (κ1) is 15.0. The second-order valence-electron chi connectivity index (χ2n) is 5.69. The van der Waals surface area contributed by atoms with Crippen molar-refractivity contribution in [1.29, 1.82) is 0 Å². The number of methoxy groups -OCH3 is 1. The number of likely N-dealkylation sites (tertiary alicyclic amines) is 1. The van der Waals surface area contributed by atoms with Gasteiger partial charge in [-0.3, -0.25) is 4.79 Å². The molecule has 2 unspecified atom stereocenters. The van der Waals surface area contributed by atoms with Crippen molar-refractivity contribution < 1.29 is 9.53 Å². The number of ether oxygens (including phenoxy) is 1. The van der Waals surface area contributed by atoms with Gasteiger partial charge in [-0.25, -0.2) is 0 Å². The van der Waals surface area contributed by atoms with Gasteiger partial charge in [-0.05, 0) is 36.4 Å². The van der Waals surface area contributed by atoms with Crippen LogP contribution in [-0.4, -0.2) is 34.0 Å². The van der Waals surface area contributed by atoms with Gasteiger partial charge in [-0.2, -0.15) is 0 Å². The fourth-order valence-corrected chi connectivity index (χ4v) is 3.48. The maximum Gasteiger partial charge on any atom is 0.275 e. The molecule has 6 heteroatoms. The Morgan fingerprint density at radius 1 is 1.36 bits per heavy atom. The van der Waals surface area contributed by atoms with Crippen molar-refractivity contribution in [2.75, 3.05) is 13.7 Å². The third kappa shape index (κ3) is 2.83. The Bertz CT molecular complexity index is 645. The standard InChI is InChI=1S/C16H19N3O2S/c1-11-7-8-14(12-5-3-4-6-15(12)21-2)19(9-11)16(20)13-10-22-18-17-13/h3-6,10-11,14H,7-9H2,1-2H3. The van der Waals surface area contributed by atoms with E-state index >= 15 is 0 Å². The lowest BCUT2D eigenvalue weighted by Crippen LogP contribution is -2.41. The molecule has 1 aliphatic heterocycles. The van der Waals surface area contributed by atoms with Gasteiger partial charge >= 0.3 is 0 Å². The molecule has 22 heavy (non-hydrogen) atoms. The fourth-order valence-electron chi connectivity index (χ4n) is 3.05. The maximum atomic E-state index is 12.8. The third-order valence-corrected chi connectivity index (χ3v) is 4.66. The van der Waals surface area contributed by atoms with E-state index in [9.17, 15) is 4.79 Å². The predicted molar refractivity (Wildman–Crippen MR) is 85.1 cm³/mol. The zero-order chi connectivity index (χ0) is 15.5. The first-order chi connectivity index (χ1) is 10.7. The molecule has 0 bridgehead atoms. The quantitative estimate of drug-likeness (QED) is 0.872. The van der Waals surface area contributed by atoms with Gasteiger partial charge < -0.3 is 9.64 Å². The number of hydrogen-bond donors (Lipinski definition) is 0. The number of aromatic nitrogens is 2. The van der Waals surface area contributed by atoms with Gasteiger partial charge in [-0.15, -0.1) is 5.10 Å². The molecule has 1 aliphatic rings. The van der Waals surface area contributed by atoms with Crippen molar-refractivity contribution in [2.45, 2.75) is 25.8 Å². The van der Waals surface area contributed by atoms with Gasteiger partial charge in [0.05, 0.1) is 13.2 Å². The molecule has 116 valence electrons. The average molecular weight is 317 g/mol. The fraction of sp³-hybridized carbons (Fsp3) is 0.438. The summed E-state index contributed by atoms with van der Waals surface area (Å²) in [6.07, 6.45) is 2.03. The van der Waals surface area contributed by atoms with E-state index in [-0.39, 0.29) is 11.9 Å². The molecule has 2 heterocycles. The lowest BCUT2D eigenvalue weighted by molar-refractivity contribution is 0.0535. The topological polar surface area (TPSA) is 55.3 Å². The molecule has 1 amide bonds. The van der Waals surface area contributed by atoms with Gasteiger partial charge in [0.1, 0.15) is 5.75 Å². The smallest absolute Gasteiger partial charge is 0.275 e. The van der Waals surface area contributed by atoms with Crippen LogP contribution in [-0.2, 0) is 0 Å². The van der Waals surface area contributed by atoms with Crippen LogP contribution in [0.1, 0.15) is 41.9 Å². The minimum Gasteiger partial charge on any atom is -0.496 e. The normalized spacial score (nSPS) is 21.6. The highest BCUT2D eigenvalue weighted by molar-refractivity contribution is 7.03. The third-order valence-electron chi connectivity index (χ3n) is 4.16. The monoisotopic (exact) mass is 317 g/mol. The van der Waals surface area contributed by atoms with Crippen LogP contribution in [0.4, 0.5) is 0 Å². The Morgan fingerprint density at radius 3 is 2.91 bits per heavy atom.